The van der Waals surface area contributed by atoms with Crippen molar-refractivity contribution in [2.24, 2.45) is 11.8 Å². The Morgan fingerprint density at radius 3 is 2.80 bits per heavy atom. The van der Waals surface area contributed by atoms with E-state index in [1.807, 2.05) is 24.3 Å². The molecule has 4 atom stereocenters. The molecule has 1 aromatic carbocycles. The quantitative estimate of drug-likeness (QED) is 0.238. The summed E-state index contributed by atoms with van der Waals surface area (Å²) in [7, 11) is -1.86. The molecule has 2 saturated heterocycles. The van der Waals surface area contributed by atoms with Gasteiger partial charge in [0.2, 0.25) is 0 Å². The predicted octanol–water partition coefficient (Wildman–Crippen LogP) is 2.50. The number of fused-ring (bicyclic) bond motifs is 2. The highest BCUT2D eigenvalue weighted by Gasteiger charge is 2.55. The summed E-state index contributed by atoms with van der Waals surface area (Å²) >= 11 is 0. The van der Waals surface area contributed by atoms with Crippen molar-refractivity contribution in [2.45, 2.75) is 56.6 Å². The molecule has 0 spiro atoms. The van der Waals surface area contributed by atoms with Crippen LogP contribution in [0.25, 0.3) is 11.0 Å². The molecule has 1 aliphatic carbocycles. The normalized spacial score (nSPS) is 24.6. The first-order valence-corrected chi connectivity index (χ1v) is 13.7. The maximum atomic E-state index is 13.8. The van der Waals surface area contributed by atoms with Gasteiger partial charge in [0.1, 0.15) is 23.8 Å². The molecule has 2 amide bonds. The molecule has 3 N–H and O–H groups in total. The molecule has 2 aromatic rings. The first kappa shape index (κ1) is 29.0. The number of nitrogens with zero attached hydrogens (tertiary/aromatic N) is 3. The Balaban J connectivity index is 1.21. The van der Waals surface area contributed by atoms with E-state index in [1.54, 1.807) is 24.8 Å². The average molecular weight is 570 g/mol. The van der Waals surface area contributed by atoms with Crippen LogP contribution in [-0.4, -0.2) is 88.7 Å². The summed E-state index contributed by atoms with van der Waals surface area (Å²) in [5.74, 6) is -4.05. The number of nitrogens with one attached hydrogen (secondary N) is 1. The first-order chi connectivity index (χ1) is 19.4. The number of carbonyl (C=O) groups excluding carboxylic acids is 2. The van der Waals surface area contributed by atoms with E-state index in [4.69, 9.17) is 9.15 Å². The van der Waals surface area contributed by atoms with E-state index >= 15 is 0 Å². The van der Waals surface area contributed by atoms with Gasteiger partial charge in [0.05, 0.1) is 24.8 Å². The summed E-state index contributed by atoms with van der Waals surface area (Å²) in [5, 5.41) is 32.8. The molecule has 3 fully saturated rings. The van der Waals surface area contributed by atoms with Crippen LogP contribution in [0.1, 0.15) is 32.3 Å². The molecule has 13 heteroatoms. The van der Waals surface area contributed by atoms with Crippen LogP contribution in [0.4, 0.5) is 13.6 Å². The zero-order valence-electron chi connectivity index (χ0n) is 22.9. The molecule has 1 saturated carbocycles. The Kier molecular flexibility index (Phi) is 7.85. The van der Waals surface area contributed by atoms with Gasteiger partial charge in [0, 0.05) is 30.4 Å². The van der Waals surface area contributed by atoms with Gasteiger partial charge in [-0.15, -0.1) is 0 Å². The molecular formula is C28H33BF2N4O6. The number of nitriles is 1. The van der Waals surface area contributed by atoms with Crippen LogP contribution in [0, 0.1) is 23.2 Å². The Labute approximate surface area is 236 Å². The van der Waals surface area contributed by atoms with E-state index in [0.717, 1.165) is 11.8 Å². The van der Waals surface area contributed by atoms with Crippen molar-refractivity contribution in [3.8, 4) is 6.07 Å². The van der Waals surface area contributed by atoms with Crippen LogP contribution in [0.5, 0.6) is 0 Å². The topological polar surface area (TPSA) is 139 Å². The fourth-order valence-corrected chi connectivity index (χ4v) is 6.00. The van der Waals surface area contributed by atoms with Gasteiger partial charge >= 0.3 is 13.2 Å². The van der Waals surface area contributed by atoms with Crippen LogP contribution in [0.2, 0.25) is 0 Å². The molecular weight excluding hydrogens is 537 g/mol. The summed E-state index contributed by atoms with van der Waals surface area (Å²) in [5.41, 5.74) is 0.240. The number of ether oxygens (including phenoxy) is 1. The maximum Gasteiger partial charge on any atom is 0.475 e. The van der Waals surface area contributed by atoms with Crippen molar-refractivity contribution in [1.29, 1.82) is 5.26 Å². The number of alkyl carbamates (subject to hydrolysis) is 1. The second-order valence-corrected chi connectivity index (χ2v) is 11.8. The van der Waals surface area contributed by atoms with Crippen LogP contribution in [-0.2, 0) is 16.0 Å². The van der Waals surface area contributed by atoms with Gasteiger partial charge < -0.3 is 29.4 Å². The summed E-state index contributed by atoms with van der Waals surface area (Å²) < 4.78 is 38.5. The number of likely N-dealkylation sites (tertiary alicyclic amines) is 2. The Morgan fingerprint density at radius 1 is 1.37 bits per heavy atom. The first-order valence-electron chi connectivity index (χ1n) is 13.7. The minimum atomic E-state index is -2.81. The zero-order valence-corrected chi connectivity index (χ0v) is 22.9. The number of para-hydroxylation sites is 1. The summed E-state index contributed by atoms with van der Waals surface area (Å²) in [6.45, 7) is 3.38. The lowest BCUT2D eigenvalue weighted by atomic mass is 9.76. The average Bonchev–Trinajstić information content (AvgIpc) is 3.22. The standard InChI is InChI=1S/C28H33BF2N4O6/c1-27(2,34-8-7-28(30,31)16-34)11-19(12-32)25(36)35-13-17-9-21(17)22(35)15-41-26(37)33-24(29(38)39)10-18-14-40-23-6-4-3-5-20(18)23/h3-6,11,14,17,21-22,24,38-39H,7-10,13,15-16H2,1-2H3,(H,33,37)/t17-,21-,22-,24?/m0/s1. The fraction of sp³-hybridized carbons (Fsp3) is 0.536. The van der Waals surface area contributed by atoms with E-state index in [2.05, 4.69) is 5.32 Å². The number of hydrogen-bond donors (Lipinski definition) is 3. The summed E-state index contributed by atoms with van der Waals surface area (Å²) in [6.07, 6.45) is 2.74. The predicted molar refractivity (Wildman–Crippen MR) is 144 cm³/mol. The Hall–Kier alpha value is -3.47. The highest BCUT2D eigenvalue weighted by atomic mass is 19.3. The minimum Gasteiger partial charge on any atom is -0.464 e. The number of alkyl halides is 2. The molecule has 3 heterocycles. The van der Waals surface area contributed by atoms with Crippen molar-refractivity contribution >= 4 is 30.1 Å². The number of furan rings is 1. The van der Waals surface area contributed by atoms with E-state index in [9.17, 15) is 33.7 Å². The largest absolute Gasteiger partial charge is 0.475 e. The number of benzene rings is 1. The van der Waals surface area contributed by atoms with Gasteiger partial charge in [-0.2, -0.15) is 5.26 Å². The van der Waals surface area contributed by atoms with Gasteiger partial charge in [-0.25, -0.2) is 13.6 Å². The van der Waals surface area contributed by atoms with Crippen LogP contribution >= 0.6 is 0 Å². The van der Waals surface area contributed by atoms with E-state index < -0.39 is 49.1 Å². The van der Waals surface area contributed by atoms with E-state index in [0.29, 0.717) is 17.7 Å². The Morgan fingerprint density at radius 2 is 2.12 bits per heavy atom. The van der Waals surface area contributed by atoms with Gasteiger partial charge in [-0.05, 0) is 56.2 Å². The number of hydrogen-bond acceptors (Lipinski definition) is 8. The summed E-state index contributed by atoms with van der Waals surface area (Å²) in [4.78, 5) is 29.2. The van der Waals surface area contributed by atoms with Crippen LogP contribution in [0.3, 0.4) is 0 Å². The molecule has 0 bridgehead atoms. The lowest BCUT2D eigenvalue weighted by molar-refractivity contribution is -0.129. The molecule has 2 aliphatic heterocycles. The third kappa shape index (κ3) is 6.24. The zero-order chi connectivity index (χ0) is 29.5. The molecule has 0 radical (unpaired) electrons. The molecule has 3 aliphatic rings. The number of halogens is 2. The van der Waals surface area contributed by atoms with Gasteiger partial charge in [-0.1, -0.05) is 18.2 Å². The number of amides is 2. The van der Waals surface area contributed by atoms with Crippen molar-refractivity contribution in [3.05, 3.63) is 47.7 Å². The third-order valence-electron chi connectivity index (χ3n) is 8.45. The van der Waals surface area contributed by atoms with Crippen molar-refractivity contribution in [1.82, 2.24) is 15.1 Å². The number of carbonyl (C=O) groups is 2. The smallest absolute Gasteiger partial charge is 0.464 e. The molecule has 10 nitrogen and oxygen atoms in total. The lowest BCUT2D eigenvalue weighted by Gasteiger charge is -2.33. The molecule has 41 heavy (non-hydrogen) atoms. The lowest BCUT2D eigenvalue weighted by Crippen LogP contribution is -2.49. The SMILES string of the molecule is CC(C)(C=C(C#N)C(=O)N1C[C@@H]2C[C@@H]2[C@@H]1COC(=O)NC(Cc1coc2ccccc12)B(O)O)N1CCC(F)(F)C1. The van der Waals surface area contributed by atoms with Gasteiger partial charge in [0.25, 0.3) is 11.8 Å². The van der Waals surface area contributed by atoms with E-state index in [-0.39, 0.29) is 43.4 Å². The number of rotatable bonds is 9. The van der Waals surface area contributed by atoms with Gasteiger partial charge in [-0.3, -0.25) is 9.69 Å². The number of piperidine rings is 1. The minimum absolute atomic E-state index is 0.0809. The molecule has 5 rings (SSSR count). The monoisotopic (exact) mass is 570 g/mol. The fourth-order valence-electron chi connectivity index (χ4n) is 6.00. The third-order valence-corrected chi connectivity index (χ3v) is 8.45. The van der Waals surface area contributed by atoms with Crippen LogP contribution < -0.4 is 5.32 Å². The Bertz CT molecular complexity index is 1390. The second-order valence-electron chi connectivity index (χ2n) is 11.8. The molecule has 218 valence electrons. The van der Waals surface area contributed by atoms with Gasteiger partial charge in [0.15, 0.2) is 0 Å². The van der Waals surface area contributed by atoms with Crippen molar-refractivity contribution in [2.75, 3.05) is 26.2 Å². The van der Waals surface area contributed by atoms with Crippen molar-refractivity contribution in [3.63, 3.8) is 0 Å². The highest BCUT2D eigenvalue weighted by Crippen LogP contribution is 2.50. The molecule has 1 aromatic heterocycles. The second kappa shape index (κ2) is 11.1. The molecule has 1 unspecified atom stereocenters. The van der Waals surface area contributed by atoms with Crippen LogP contribution in [0.15, 0.2) is 46.6 Å². The highest BCUT2D eigenvalue weighted by molar-refractivity contribution is 6.43. The van der Waals surface area contributed by atoms with E-state index in [1.165, 1.54) is 17.2 Å². The summed E-state index contributed by atoms with van der Waals surface area (Å²) in [6, 6.07) is 8.74. The maximum absolute atomic E-state index is 13.8. The van der Waals surface area contributed by atoms with Crippen molar-refractivity contribution < 1.29 is 37.6 Å².